The lowest BCUT2D eigenvalue weighted by atomic mass is 10.2. The Bertz CT molecular complexity index is 685. The van der Waals surface area contributed by atoms with Gasteiger partial charge in [0.2, 0.25) is 5.91 Å². The maximum Gasteiger partial charge on any atom is 0.310 e. The van der Waals surface area contributed by atoms with Crippen LogP contribution in [0, 0.1) is 17.0 Å². The molecule has 0 spiro atoms. The molecule has 8 heteroatoms. The molecule has 0 saturated carbocycles. The normalized spacial score (nSPS) is 11.7. The number of benzene rings is 1. The number of nitro groups is 1. The lowest BCUT2D eigenvalue weighted by molar-refractivity contribution is -0.385. The van der Waals surface area contributed by atoms with Crippen LogP contribution in [-0.2, 0) is 4.79 Å². The maximum absolute atomic E-state index is 11.9. The zero-order chi connectivity index (χ0) is 16.8. The number of nitro benzene ring substituents is 1. The highest BCUT2D eigenvalue weighted by molar-refractivity contribution is 5.76. The molecule has 0 radical (unpaired) electrons. The molecule has 1 aromatic carbocycles. The van der Waals surface area contributed by atoms with Gasteiger partial charge in [-0.3, -0.25) is 20.0 Å². The summed E-state index contributed by atoms with van der Waals surface area (Å²) >= 11 is 0. The Morgan fingerprint density at radius 2 is 2.30 bits per heavy atom. The number of aromatic nitrogens is 2. The van der Waals surface area contributed by atoms with Gasteiger partial charge in [0.25, 0.3) is 0 Å². The van der Waals surface area contributed by atoms with E-state index in [4.69, 9.17) is 4.74 Å². The Kier molecular flexibility index (Phi) is 5.29. The third kappa shape index (κ3) is 4.53. The van der Waals surface area contributed by atoms with Gasteiger partial charge in [-0.25, -0.2) is 0 Å². The van der Waals surface area contributed by atoms with Crippen molar-refractivity contribution in [2.45, 2.75) is 26.3 Å². The monoisotopic (exact) mass is 318 g/mol. The van der Waals surface area contributed by atoms with Crippen molar-refractivity contribution < 1.29 is 14.5 Å². The Hall–Kier alpha value is -2.90. The summed E-state index contributed by atoms with van der Waals surface area (Å²) in [5, 5.41) is 20.3. The van der Waals surface area contributed by atoms with E-state index in [1.807, 2.05) is 13.8 Å². The number of hydrogen-bond donors (Lipinski definition) is 2. The molecule has 2 rings (SSSR count). The van der Waals surface area contributed by atoms with Gasteiger partial charge in [0.1, 0.15) is 0 Å². The molecule has 23 heavy (non-hydrogen) atoms. The fraction of sp³-hybridized carbons (Fsp3) is 0.333. The first-order valence-electron chi connectivity index (χ1n) is 7.13. The highest BCUT2D eigenvalue weighted by Gasteiger charge is 2.16. The zero-order valence-electron chi connectivity index (χ0n) is 12.9. The number of H-pyrrole nitrogens is 1. The molecule has 1 heterocycles. The summed E-state index contributed by atoms with van der Waals surface area (Å²) in [4.78, 5) is 22.3. The van der Waals surface area contributed by atoms with Gasteiger partial charge >= 0.3 is 5.69 Å². The van der Waals surface area contributed by atoms with E-state index in [1.54, 1.807) is 24.5 Å². The van der Waals surface area contributed by atoms with Gasteiger partial charge in [0.05, 0.1) is 30.2 Å². The van der Waals surface area contributed by atoms with Crippen LogP contribution >= 0.6 is 0 Å². The van der Waals surface area contributed by atoms with Crippen LogP contribution in [0.1, 0.15) is 30.5 Å². The Morgan fingerprint density at radius 1 is 1.52 bits per heavy atom. The minimum atomic E-state index is -0.504. The number of ether oxygens (including phenoxy) is 1. The molecule has 1 amide bonds. The molecule has 2 aromatic rings. The first kappa shape index (κ1) is 16.5. The molecule has 0 fully saturated rings. The first-order chi connectivity index (χ1) is 11.0. The molecule has 0 aliphatic carbocycles. The van der Waals surface area contributed by atoms with E-state index < -0.39 is 4.92 Å². The number of rotatable bonds is 7. The second kappa shape index (κ2) is 7.39. The van der Waals surface area contributed by atoms with E-state index >= 15 is 0 Å². The standard InChI is InChI=1S/C15H18N4O4/c1-10-3-4-13(19(21)22)14(7-10)23-6-5-15(20)18-11(2)12-8-16-17-9-12/h3-4,7-9,11H,5-6H2,1-2H3,(H,16,17)(H,18,20)/t11-/m1/s1. The molecule has 2 N–H and O–H groups in total. The quantitative estimate of drug-likeness (QED) is 0.601. The summed E-state index contributed by atoms with van der Waals surface area (Å²) in [6.07, 6.45) is 3.45. The van der Waals surface area contributed by atoms with Gasteiger partial charge < -0.3 is 10.1 Å². The van der Waals surface area contributed by atoms with Gasteiger partial charge in [-0.2, -0.15) is 5.10 Å². The van der Waals surface area contributed by atoms with Crippen molar-refractivity contribution in [3.63, 3.8) is 0 Å². The highest BCUT2D eigenvalue weighted by atomic mass is 16.6. The van der Waals surface area contributed by atoms with Crippen LogP contribution in [0.5, 0.6) is 5.75 Å². The average molecular weight is 318 g/mol. The number of carbonyl (C=O) groups excluding carboxylic acids is 1. The number of nitrogens with one attached hydrogen (secondary N) is 2. The molecule has 122 valence electrons. The number of aryl methyl sites for hydroxylation is 1. The fourth-order valence-electron chi connectivity index (χ4n) is 2.04. The number of hydrogen-bond acceptors (Lipinski definition) is 5. The topological polar surface area (TPSA) is 110 Å². The predicted molar refractivity (Wildman–Crippen MR) is 83.1 cm³/mol. The van der Waals surface area contributed by atoms with Crippen molar-refractivity contribution in [3.8, 4) is 5.75 Å². The van der Waals surface area contributed by atoms with Crippen LogP contribution in [0.15, 0.2) is 30.6 Å². The van der Waals surface area contributed by atoms with E-state index in [0.717, 1.165) is 11.1 Å². The minimum Gasteiger partial charge on any atom is -0.486 e. The van der Waals surface area contributed by atoms with Crippen molar-refractivity contribution in [1.82, 2.24) is 15.5 Å². The molecule has 8 nitrogen and oxygen atoms in total. The van der Waals surface area contributed by atoms with Gasteiger partial charge in [-0.15, -0.1) is 0 Å². The zero-order valence-corrected chi connectivity index (χ0v) is 12.9. The van der Waals surface area contributed by atoms with Crippen LogP contribution in [0.4, 0.5) is 5.69 Å². The molecular weight excluding hydrogens is 300 g/mol. The highest BCUT2D eigenvalue weighted by Crippen LogP contribution is 2.27. The second-order valence-corrected chi connectivity index (χ2v) is 5.15. The SMILES string of the molecule is Cc1ccc([N+](=O)[O-])c(OCCC(=O)N[C@H](C)c2cn[nH]c2)c1. The molecule has 0 unspecified atom stereocenters. The molecule has 0 aliphatic heterocycles. The molecule has 1 atom stereocenters. The molecule has 0 saturated heterocycles. The number of nitrogens with zero attached hydrogens (tertiary/aromatic N) is 2. The number of amides is 1. The second-order valence-electron chi connectivity index (χ2n) is 5.15. The van der Waals surface area contributed by atoms with E-state index in [-0.39, 0.29) is 36.4 Å². The first-order valence-corrected chi connectivity index (χ1v) is 7.13. The van der Waals surface area contributed by atoms with Crippen LogP contribution in [-0.4, -0.2) is 27.6 Å². The van der Waals surface area contributed by atoms with Gasteiger partial charge in [0, 0.05) is 17.8 Å². The average Bonchev–Trinajstić information content (AvgIpc) is 3.01. The van der Waals surface area contributed by atoms with Crippen LogP contribution in [0.2, 0.25) is 0 Å². The summed E-state index contributed by atoms with van der Waals surface area (Å²) in [7, 11) is 0. The van der Waals surface area contributed by atoms with E-state index in [1.165, 1.54) is 6.07 Å². The Labute approximate surface area is 133 Å². The summed E-state index contributed by atoms with van der Waals surface area (Å²) < 4.78 is 5.40. The summed E-state index contributed by atoms with van der Waals surface area (Å²) in [6, 6.07) is 4.45. The van der Waals surface area contributed by atoms with Crippen molar-refractivity contribution in [2.75, 3.05) is 6.61 Å². The third-order valence-electron chi connectivity index (χ3n) is 3.30. The maximum atomic E-state index is 11.9. The lowest BCUT2D eigenvalue weighted by Crippen LogP contribution is -2.27. The molecule has 0 aliphatic rings. The smallest absolute Gasteiger partial charge is 0.310 e. The Morgan fingerprint density at radius 3 is 2.96 bits per heavy atom. The van der Waals surface area contributed by atoms with Crippen molar-refractivity contribution in [1.29, 1.82) is 0 Å². The molecular formula is C15H18N4O4. The van der Waals surface area contributed by atoms with Crippen LogP contribution < -0.4 is 10.1 Å². The van der Waals surface area contributed by atoms with Gasteiger partial charge in [-0.1, -0.05) is 6.07 Å². The third-order valence-corrected chi connectivity index (χ3v) is 3.30. The summed E-state index contributed by atoms with van der Waals surface area (Å²) in [5.74, 6) is -0.0281. The van der Waals surface area contributed by atoms with Gasteiger partial charge in [0.15, 0.2) is 5.75 Å². The largest absolute Gasteiger partial charge is 0.486 e. The van der Waals surface area contributed by atoms with Crippen molar-refractivity contribution in [3.05, 3.63) is 51.8 Å². The predicted octanol–water partition coefficient (Wildman–Crippen LogP) is 2.27. The van der Waals surface area contributed by atoms with Crippen LogP contribution in [0.3, 0.4) is 0 Å². The fourth-order valence-corrected chi connectivity index (χ4v) is 2.04. The minimum absolute atomic E-state index is 0.0637. The van der Waals surface area contributed by atoms with E-state index in [2.05, 4.69) is 15.5 Å². The van der Waals surface area contributed by atoms with E-state index in [9.17, 15) is 14.9 Å². The van der Waals surface area contributed by atoms with E-state index in [0.29, 0.717) is 0 Å². The number of aromatic amines is 1. The van der Waals surface area contributed by atoms with Gasteiger partial charge in [-0.05, 0) is 25.5 Å². The molecule has 1 aromatic heterocycles. The Balaban J connectivity index is 1.86. The lowest BCUT2D eigenvalue weighted by Gasteiger charge is -2.12. The van der Waals surface area contributed by atoms with Crippen molar-refractivity contribution in [2.24, 2.45) is 0 Å². The summed E-state index contributed by atoms with van der Waals surface area (Å²) in [6.45, 7) is 3.72. The molecule has 0 bridgehead atoms. The van der Waals surface area contributed by atoms with Crippen molar-refractivity contribution >= 4 is 11.6 Å². The number of carbonyl (C=O) groups is 1. The van der Waals surface area contributed by atoms with Crippen LogP contribution in [0.25, 0.3) is 0 Å². The summed E-state index contributed by atoms with van der Waals surface area (Å²) in [5.41, 5.74) is 1.61.